The van der Waals surface area contributed by atoms with Crippen molar-refractivity contribution in [3.8, 4) is 0 Å². The lowest BCUT2D eigenvalue weighted by Gasteiger charge is -1.93. The van der Waals surface area contributed by atoms with Crippen LogP contribution in [0.4, 0.5) is 0 Å². The van der Waals surface area contributed by atoms with Crippen molar-refractivity contribution in [1.29, 1.82) is 0 Å². The fraction of sp³-hybridized carbons (Fsp3) is 0. The van der Waals surface area contributed by atoms with E-state index in [0.717, 1.165) is 0 Å². The van der Waals surface area contributed by atoms with Gasteiger partial charge in [0.15, 0.2) is 0 Å². The van der Waals surface area contributed by atoms with Gasteiger partial charge < -0.3 is 10.1 Å². The molecule has 0 saturated carbocycles. The van der Waals surface area contributed by atoms with Gasteiger partial charge in [-0.3, -0.25) is 9.78 Å². The van der Waals surface area contributed by atoms with Crippen LogP contribution in [0.2, 0.25) is 5.02 Å². The van der Waals surface area contributed by atoms with Gasteiger partial charge in [0.25, 0.3) is 5.78 Å². The molecule has 6 heteroatoms. The summed E-state index contributed by atoms with van der Waals surface area (Å²) in [5.74, 6) is -2.52. The standard InChI is InChI=1S/C9H5ClN2O3/c10-5-1-2-11-6-4(3-12-7(5)6)8(13)9(14)15/h1-3,12H,(H,14,15). The number of fused-ring (bicyclic) bond motifs is 1. The quantitative estimate of drug-likeness (QED) is 0.598. The smallest absolute Gasteiger partial charge is 0.377 e. The molecule has 76 valence electrons. The molecule has 2 aromatic rings. The van der Waals surface area contributed by atoms with Gasteiger partial charge >= 0.3 is 5.97 Å². The van der Waals surface area contributed by atoms with Crippen molar-refractivity contribution in [3.05, 3.63) is 29.0 Å². The molecule has 0 saturated heterocycles. The first-order valence-electron chi connectivity index (χ1n) is 4.00. The molecule has 0 aromatic carbocycles. The Bertz CT molecular complexity index is 561. The summed E-state index contributed by atoms with van der Waals surface area (Å²) in [6.45, 7) is 0. The number of nitrogens with zero attached hydrogens (tertiary/aromatic N) is 1. The molecule has 0 spiro atoms. The van der Waals surface area contributed by atoms with Crippen molar-refractivity contribution in [3.63, 3.8) is 0 Å². The number of rotatable bonds is 2. The average molecular weight is 225 g/mol. The van der Waals surface area contributed by atoms with Crippen LogP contribution in [-0.2, 0) is 4.79 Å². The molecule has 0 radical (unpaired) electrons. The summed E-state index contributed by atoms with van der Waals surface area (Å²) < 4.78 is 0. The molecule has 0 unspecified atom stereocenters. The van der Waals surface area contributed by atoms with Crippen molar-refractivity contribution in [2.24, 2.45) is 0 Å². The van der Waals surface area contributed by atoms with E-state index in [0.29, 0.717) is 10.5 Å². The number of halogens is 1. The Kier molecular flexibility index (Phi) is 2.17. The Morgan fingerprint density at radius 3 is 2.87 bits per heavy atom. The number of pyridine rings is 1. The SMILES string of the molecule is O=C(O)C(=O)c1c[nH]c2c(Cl)ccnc12. The van der Waals surface area contributed by atoms with Crippen LogP contribution in [-0.4, -0.2) is 26.8 Å². The molecular weight excluding hydrogens is 220 g/mol. The Morgan fingerprint density at radius 2 is 2.20 bits per heavy atom. The van der Waals surface area contributed by atoms with Gasteiger partial charge in [0.1, 0.15) is 5.52 Å². The van der Waals surface area contributed by atoms with E-state index in [1.165, 1.54) is 12.4 Å². The van der Waals surface area contributed by atoms with Crippen molar-refractivity contribution in [2.75, 3.05) is 0 Å². The highest BCUT2D eigenvalue weighted by atomic mass is 35.5. The number of hydrogen-bond acceptors (Lipinski definition) is 3. The van der Waals surface area contributed by atoms with E-state index in [1.807, 2.05) is 0 Å². The first-order valence-corrected chi connectivity index (χ1v) is 4.38. The van der Waals surface area contributed by atoms with Crippen LogP contribution < -0.4 is 0 Å². The molecule has 0 atom stereocenters. The maximum Gasteiger partial charge on any atom is 0.377 e. The fourth-order valence-electron chi connectivity index (χ4n) is 1.28. The summed E-state index contributed by atoms with van der Waals surface area (Å²) in [5, 5.41) is 8.95. The van der Waals surface area contributed by atoms with Crippen molar-refractivity contribution >= 4 is 34.4 Å². The first kappa shape index (κ1) is 9.67. The molecule has 0 fully saturated rings. The highest BCUT2D eigenvalue weighted by Gasteiger charge is 2.20. The Hall–Kier alpha value is -1.88. The normalized spacial score (nSPS) is 10.5. The molecule has 15 heavy (non-hydrogen) atoms. The van der Waals surface area contributed by atoms with Gasteiger partial charge in [-0.25, -0.2) is 4.79 Å². The number of carbonyl (C=O) groups excluding carboxylic acids is 1. The topological polar surface area (TPSA) is 83.0 Å². The summed E-state index contributed by atoms with van der Waals surface area (Å²) in [6.07, 6.45) is 2.71. The second-order valence-electron chi connectivity index (χ2n) is 2.85. The molecular formula is C9H5ClN2O3. The lowest BCUT2D eigenvalue weighted by molar-refractivity contribution is -0.131. The second-order valence-corrected chi connectivity index (χ2v) is 3.26. The van der Waals surface area contributed by atoms with Crippen molar-refractivity contribution < 1.29 is 14.7 Å². The van der Waals surface area contributed by atoms with Gasteiger partial charge in [-0.05, 0) is 6.07 Å². The third-order valence-corrected chi connectivity index (χ3v) is 2.27. The van der Waals surface area contributed by atoms with Crippen LogP contribution in [0.15, 0.2) is 18.5 Å². The van der Waals surface area contributed by atoms with Crippen LogP contribution >= 0.6 is 11.6 Å². The van der Waals surface area contributed by atoms with E-state index in [1.54, 1.807) is 6.07 Å². The van der Waals surface area contributed by atoms with Gasteiger partial charge in [-0.2, -0.15) is 0 Å². The number of aromatic nitrogens is 2. The Morgan fingerprint density at radius 1 is 1.47 bits per heavy atom. The van der Waals surface area contributed by atoms with E-state index in [2.05, 4.69) is 9.97 Å². The molecule has 2 N–H and O–H groups in total. The van der Waals surface area contributed by atoms with E-state index in [-0.39, 0.29) is 11.1 Å². The van der Waals surface area contributed by atoms with Crippen LogP contribution in [0.3, 0.4) is 0 Å². The third kappa shape index (κ3) is 1.46. The summed E-state index contributed by atoms with van der Waals surface area (Å²) in [6, 6.07) is 1.55. The predicted octanol–water partition coefficient (Wildman–Crippen LogP) is 1.48. The number of carboxylic acid groups (broad SMARTS) is 1. The zero-order valence-corrected chi connectivity index (χ0v) is 8.08. The molecule has 2 heterocycles. The van der Waals surface area contributed by atoms with E-state index >= 15 is 0 Å². The van der Waals surface area contributed by atoms with E-state index in [9.17, 15) is 9.59 Å². The number of hydrogen-bond donors (Lipinski definition) is 2. The average Bonchev–Trinajstić information content (AvgIpc) is 2.61. The number of H-pyrrole nitrogens is 1. The lowest BCUT2D eigenvalue weighted by Crippen LogP contribution is -2.12. The summed E-state index contributed by atoms with van der Waals surface area (Å²) in [5.41, 5.74) is 0.749. The molecule has 2 aromatic heterocycles. The largest absolute Gasteiger partial charge is 0.475 e. The Balaban J connectivity index is 2.69. The molecule has 0 aliphatic carbocycles. The molecule has 0 amide bonds. The molecule has 5 nitrogen and oxygen atoms in total. The maximum absolute atomic E-state index is 11.2. The van der Waals surface area contributed by atoms with Gasteiger partial charge in [-0.15, -0.1) is 0 Å². The molecule has 0 aliphatic heterocycles. The van der Waals surface area contributed by atoms with Crippen molar-refractivity contribution in [1.82, 2.24) is 9.97 Å². The summed E-state index contributed by atoms with van der Waals surface area (Å²) in [4.78, 5) is 28.3. The number of Topliss-reactive ketones (excluding diaryl/α,β-unsaturated/α-hetero) is 1. The number of carbonyl (C=O) groups is 2. The minimum absolute atomic E-state index is 0.0139. The molecule has 0 bridgehead atoms. The van der Waals surface area contributed by atoms with Gasteiger partial charge in [0.05, 0.1) is 16.1 Å². The van der Waals surface area contributed by atoms with Crippen LogP contribution in [0.1, 0.15) is 10.4 Å². The highest BCUT2D eigenvalue weighted by Crippen LogP contribution is 2.23. The maximum atomic E-state index is 11.2. The van der Waals surface area contributed by atoms with Gasteiger partial charge in [0.2, 0.25) is 0 Å². The molecule has 2 rings (SSSR count). The zero-order valence-electron chi connectivity index (χ0n) is 7.32. The molecule has 0 aliphatic rings. The van der Waals surface area contributed by atoms with Crippen molar-refractivity contribution in [2.45, 2.75) is 0 Å². The first-order chi connectivity index (χ1) is 7.11. The number of aromatic amines is 1. The Labute approximate surface area is 88.7 Å². The lowest BCUT2D eigenvalue weighted by atomic mass is 10.2. The number of ketones is 1. The summed E-state index contributed by atoms with van der Waals surface area (Å²) >= 11 is 5.82. The van der Waals surface area contributed by atoms with Gasteiger partial charge in [-0.1, -0.05) is 11.6 Å². The highest BCUT2D eigenvalue weighted by molar-refractivity contribution is 6.43. The van der Waals surface area contributed by atoms with Crippen LogP contribution in [0.25, 0.3) is 11.0 Å². The number of nitrogens with one attached hydrogen (secondary N) is 1. The third-order valence-electron chi connectivity index (χ3n) is 1.95. The second kappa shape index (κ2) is 3.36. The fourth-order valence-corrected chi connectivity index (χ4v) is 1.48. The van der Waals surface area contributed by atoms with Gasteiger partial charge in [0, 0.05) is 12.4 Å². The number of aliphatic carboxylic acids is 1. The zero-order chi connectivity index (χ0) is 11.0. The van der Waals surface area contributed by atoms with E-state index < -0.39 is 11.8 Å². The number of carboxylic acids is 1. The minimum Gasteiger partial charge on any atom is -0.475 e. The summed E-state index contributed by atoms with van der Waals surface area (Å²) in [7, 11) is 0. The minimum atomic E-state index is -1.52. The van der Waals surface area contributed by atoms with Crippen LogP contribution in [0.5, 0.6) is 0 Å². The predicted molar refractivity (Wildman–Crippen MR) is 53.1 cm³/mol. The van der Waals surface area contributed by atoms with Crippen LogP contribution in [0, 0.1) is 0 Å². The monoisotopic (exact) mass is 224 g/mol. The van der Waals surface area contributed by atoms with E-state index in [4.69, 9.17) is 16.7 Å².